The van der Waals surface area contributed by atoms with Crippen molar-refractivity contribution in [3.8, 4) is 0 Å². The maximum Gasteiger partial charge on any atom is 0.418 e. The first-order valence-electron chi connectivity index (χ1n) is 3.27. The van der Waals surface area contributed by atoms with E-state index in [0.717, 1.165) is 6.07 Å². The monoisotopic (exact) mass is 171 g/mol. The van der Waals surface area contributed by atoms with Gasteiger partial charge in [0.2, 0.25) is 0 Å². The van der Waals surface area contributed by atoms with Gasteiger partial charge in [-0.15, -0.1) is 0 Å². The molecule has 1 aromatic rings. The van der Waals surface area contributed by atoms with E-state index in [9.17, 15) is 13.2 Å². The Kier molecular flexibility index (Phi) is 2.40. The van der Waals surface area contributed by atoms with E-state index in [0.29, 0.717) is 0 Å². The lowest BCUT2D eigenvalue weighted by atomic mass is 9.98. The summed E-state index contributed by atoms with van der Waals surface area (Å²) in [7, 11) is 5.08. The first kappa shape index (κ1) is 9.10. The predicted octanol–water partition coefficient (Wildman–Crippen LogP) is 1.77. The van der Waals surface area contributed by atoms with Gasteiger partial charge in [-0.25, -0.2) is 0 Å². The summed E-state index contributed by atoms with van der Waals surface area (Å²) < 4.78 is 36.4. The normalized spacial score (nSPS) is 11.6. The van der Waals surface area contributed by atoms with Crippen LogP contribution < -0.4 is 0 Å². The molecule has 1 heterocycles. The predicted molar refractivity (Wildman–Crippen MR) is 38.7 cm³/mol. The molecule has 0 unspecified atom stereocenters. The molecule has 0 aliphatic heterocycles. The van der Waals surface area contributed by atoms with Crippen LogP contribution in [0.25, 0.3) is 0 Å². The molecule has 0 saturated heterocycles. The van der Waals surface area contributed by atoms with E-state index < -0.39 is 11.7 Å². The number of pyridine rings is 1. The number of halogens is 3. The van der Waals surface area contributed by atoms with Crippen LogP contribution in [0, 0.1) is 0 Å². The topological polar surface area (TPSA) is 12.9 Å². The Morgan fingerprint density at radius 2 is 2.08 bits per heavy atom. The molecule has 0 saturated carbocycles. The fourth-order valence-corrected chi connectivity index (χ4v) is 0.859. The van der Waals surface area contributed by atoms with E-state index in [2.05, 4.69) is 4.98 Å². The quantitative estimate of drug-likeness (QED) is 0.586. The molecule has 1 nitrogen and oxygen atoms in total. The number of aromatic nitrogens is 1. The van der Waals surface area contributed by atoms with Crippen LogP contribution in [0.15, 0.2) is 18.3 Å². The van der Waals surface area contributed by atoms with E-state index in [1.807, 2.05) is 0 Å². The summed E-state index contributed by atoms with van der Waals surface area (Å²) in [4.78, 5) is 3.52. The van der Waals surface area contributed by atoms with Crippen molar-refractivity contribution in [2.75, 3.05) is 0 Å². The van der Waals surface area contributed by atoms with Crippen molar-refractivity contribution < 1.29 is 13.2 Å². The molecule has 0 aliphatic carbocycles. The van der Waals surface area contributed by atoms with Gasteiger partial charge in [-0.1, -0.05) is 0 Å². The van der Waals surface area contributed by atoms with Crippen molar-refractivity contribution in [1.82, 2.24) is 4.98 Å². The summed E-state index contributed by atoms with van der Waals surface area (Å²) in [6.45, 7) is 0. The average Bonchev–Trinajstić information content (AvgIpc) is 2.03. The van der Waals surface area contributed by atoms with Crippen molar-refractivity contribution in [2.45, 2.75) is 12.5 Å². The number of nitrogens with zero attached hydrogens (tertiary/aromatic N) is 1. The molecular weight excluding hydrogens is 166 g/mol. The Bertz CT molecular complexity index is 272. The van der Waals surface area contributed by atoms with Crippen molar-refractivity contribution in [2.24, 2.45) is 0 Å². The zero-order chi connectivity index (χ0) is 9.19. The molecule has 5 heteroatoms. The van der Waals surface area contributed by atoms with Crippen molar-refractivity contribution >= 4 is 7.85 Å². The van der Waals surface area contributed by atoms with Gasteiger partial charge in [-0.3, -0.25) is 4.98 Å². The molecule has 0 aromatic carbocycles. The van der Waals surface area contributed by atoms with Gasteiger partial charge in [0.05, 0.1) is 13.4 Å². The maximum atomic E-state index is 12.1. The zero-order valence-electron chi connectivity index (χ0n) is 6.10. The van der Waals surface area contributed by atoms with E-state index in [4.69, 9.17) is 7.85 Å². The summed E-state index contributed by atoms with van der Waals surface area (Å²) in [5.41, 5.74) is -0.877. The van der Waals surface area contributed by atoms with Crippen molar-refractivity contribution in [3.05, 3.63) is 29.6 Å². The fourth-order valence-electron chi connectivity index (χ4n) is 0.859. The number of hydrogen-bond donors (Lipinski definition) is 0. The number of alkyl halides is 3. The highest BCUT2D eigenvalue weighted by Crippen LogP contribution is 2.30. The summed E-state index contributed by atoms with van der Waals surface area (Å²) >= 11 is 0. The number of rotatable bonds is 1. The molecule has 1 rings (SSSR count). The molecule has 0 amide bonds. The third-order valence-electron chi connectivity index (χ3n) is 1.39. The lowest BCUT2D eigenvalue weighted by Crippen LogP contribution is -2.10. The van der Waals surface area contributed by atoms with Crippen molar-refractivity contribution in [1.29, 1.82) is 0 Å². The highest BCUT2D eigenvalue weighted by molar-refractivity contribution is 6.08. The Hall–Kier alpha value is -0.995. The van der Waals surface area contributed by atoms with E-state index in [1.165, 1.54) is 12.3 Å². The van der Waals surface area contributed by atoms with Gasteiger partial charge in [-0.05, 0) is 18.5 Å². The van der Waals surface area contributed by atoms with Crippen LogP contribution in [0.5, 0.6) is 0 Å². The van der Waals surface area contributed by atoms with Crippen molar-refractivity contribution in [3.63, 3.8) is 0 Å². The van der Waals surface area contributed by atoms with Gasteiger partial charge in [0.1, 0.15) is 0 Å². The fraction of sp³-hybridized carbons (Fsp3) is 0.286. The lowest BCUT2D eigenvalue weighted by Gasteiger charge is -2.09. The molecule has 2 radical (unpaired) electrons. The number of hydrogen-bond acceptors (Lipinski definition) is 1. The van der Waals surface area contributed by atoms with Crippen LogP contribution in [0.4, 0.5) is 13.2 Å². The first-order chi connectivity index (χ1) is 5.55. The van der Waals surface area contributed by atoms with Gasteiger partial charge in [0.25, 0.3) is 0 Å². The molecule has 12 heavy (non-hydrogen) atoms. The second-order valence-corrected chi connectivity index (χ2v) is 2.20. The minimum Gasteiger partial charge on any atom is -0.261 e. The first-order valence-corrected chi connectivity index (χ1v) is 3.27. The molecule has 0 spiro atoms. The Morgan fingerprint density at radius 1 is 1.42 bits per heavy atom. The zero-order valence-corrected chi connectivity index (χ0v) is 6.10. The standard InChI is InChI=1S/C7H5BF3N/c8-4-6-5(7(9,10)11)2-1-3-12-6/h1-3H,4H2. The molecular formula is C7H5BF3N. The molecule has 62 valence electrons. The van der Waals surface area contributed by atoms with Crippen LogP contribution in [0.1, 0.15) is 11.3 Å². The average molecular weight is 171 g/mol. The second kappa shape index (κ2) is 3.17. The van der Waals surface area contributed by atoms with Gasteiger partial charge in [0.15, 0.2) is 0 Å². The summed E-state index contributed by atoms with van der Waals surface area (Å²) in [6, 6.07) is 2.21. The third-order valence-corrected chi connectivity index (χ3v) is 1.39. The summed E-state index contributed by atoms with van der Waals surface area (Å²) in [6.07, 6.45) is -3.27. The molecule has 0 fully saturated rings. The lowest BCUT2D eigenvalue weighted by molar-refractivity contribution is -0.138. The maximum absolute atomic E-state index is 12.1. The van der Waals surface area contributed by atoms with Gasteiger partial charge in [0, 0.05) is 11.9 Å². The Balaban J connectivity index is 3.14. The molecule has 0 atom stereocenters. The summed E-state index contributed by atoms with van der Waals surface area (Å²) in [5.74, 6) is 0. The van der Waals surface area contributed by atoms with Crippen LogP contribution >= 0.6 is 0 Å². The van der Waals surface area contributed by atoms with E-state index in [1.54, 1.807) is 0 Å². The Morgan fingerprint density at radius 3 is 2.50 bits per heavy atom. The van der Waals surface area contributed by atoms with Gasteiger partial charge >= 0.3 is 6.18 Å². The van der Waals surface area contributed by atoms with Crippen LogP contribution in [0.2, 0.25) is 0 Å². The Labute approximate surface area is 69.0 Å². The van der Waals surface area contributed by atoms with Gasteiger partial charge < -0.3 is 0 Å². The van der Waals surface area contributed by atoms with E-state index >= 15 is 0 Å². The minimum atomic E-state index is -4.36. The molecule has 0 aliphatic rings. The van der Waals surface area contributed by atoms with Gasteiger partial charge in [-0.2, -0.15) is 13.2 Å². The highest BCUT2D eigenvalue weighted by atomic mass is 19.4. The smallest absolute Gasteiger partial charge is 0.261 e. The summed E-state index contributed by atoms with van der Waals surface area (Å²) in [5, 5.41) is 0. The highest BCUT2D eigenvalue weighted by Gasteiger charge is 2.32. The largest absolute Gasteiger partial charge is 0.418 e. The molecule has 1 aromatic heterocycles. The SMILES string of the molecule is [B]Cc1ncccc1C(F)(F)F. The van der Waals surface area contributed by atoms with Crippen LogP contribution in [-0.4, -0.2) is 12.8 Å². The second-order valence-electron chi connectivity index (χ2n) is 2.20. The third kappa shape index (κ3) is 1.78. The minimum absolute atomic E-state index is 0.120. The van der Waals surface area contributed by atoms with Crippen LogP contribution in [0.3, 0.4) is 0 Å². The molecule has 0 N–H and O–H groups in total. The molecule has 0 bridgehead atoms. The van der Waals surface area contributed by atoms with Crippen LogP contribution in [-0.2, 0) is 12.5 Å². The van der Waals surface area contributed by atoms with E-state index in [-0.39, 0.29) is 12.0 Å².